The lowest BCUT2D eigenvalue weighted by Gasteiger charge is -2.22. The third-order valence-corrected chi connectivity index (χ3v) is 3.79. The minimum atomic E-state index is -0.245. The minimum Gasteiger partial charge on any atom is -0.496 e. The van der Waals surface area contributed by atoms with Gasteiger partial charge in [0.1, 0.15) is 5.75 Å². The summed E-state index contributed by atoms with van der Waals surface area (Å²) in [5.41, 5.74) is 1.84. The van der Waals surface area contributed by atoms with Crippen LogP contribution in [0.25, 0.3) is 0 Å². The molecule has 2 N–H and O–H groups in total. The number of hydrogen-bond donors (Lipinski definition) is 2. The number of hydrogen-bond acceptors (Lipinski definition) is 3. The lowest BCUT2D eigenvalue weighted by molar-refractivity contribution is 0.173. The average molecular weight is 349 g/mol. The molecule has 0 aliphatic heterocycles. The molecule has 0 saturated heterocycles. The molecular weight excluding hydrogens is 328 g/mol. The van der Waals surface area contributed by atoms with Crippen molar-refractivity contribution in [3.8, 4) is 5.75 Å². The van der Waals surface area contributed by atoms with Gasteiger partial charge in [-0.3, -0.25) is 0 Å². The van der Waals surface area contributed by atoms with Crippen LogP contribution in [0.5, 0.6) is 5.75 Å². The molecule has 6 heteroatoms. The Hall–Kier alpha value is -2.24. The van der Waals surface area contributed by atoms with Crippen molar-refractivity contribution in [1.29, 1.82) is 0 Å². The number of rotatable bonds is 7. The summed E-state index contributed by atoms with van der Waals surface area (Å²) in [7, 11) is 1.56. The van der Waals surface area contributed by atoms with E-state index in [1.165, 1.54) is 0 Å². The summed E-state index contributed by atoms with van der Waals surface area (Å²) >= 11 is 5.94. The van der Waals surface area contributed by atoms with E-state index in [0.29, 0.717) is 23.9 Å². The Morgan fingerprint density at radius 3 is 2.67 bits per heavy atom. The molecule has 0 aromatic heterocycles. The van der Waals surface area contributed by atoms with E-state index in [2.05, 4.69) is 5.32 Å². The number of benzene rings is 2. The van der Waals surface area contributed by atoms with Crippen molar-refractivity contribution in [1.82, 2.24) is 10.2 Å². The Kier molecular flexibility index (Phi) is 6.90. The number of halogens is 1. The molecule has 24 heavy (non-hydrogen) atoms. The molecule has 2 amide bonds. The summed E-state index contributed by atoms with van der Waals surface area (Å²) in [5.74, 6) is 0.625. The van der Waals surface area contributed by atoms with Crippen molar-refractivity contribution in [2.75, 3.05) is 20.3 Å². The van der Waals surface area contributed by atoms with Gasteiger partial charge in [-0.1, -0.05) is 48.0 Å². The number of methoxy groups -OCH3 is 1. The van der Waals surface area contributed by atoms with Crippen LogP contribution >= 0.6 is 11.6 Å². The molecule has 0 aliphatic rings. The molecule has 0 saturated carbocycles. The number of amides is 2. The van der Waals surface area contributed by atoms with Gasteiger partial charge in [0, 0.05) is 30.2 Å². The fourth-order valence-corrected chi connectivity index (χ4v) is 2.49. The van der Waals surface area contributed by atoms with E-state index in [1.54, 1.807) is 24.1 Å². The molecule has 0 radical (unpaired) electrons. The molecule has 0 fully saturated rings. The second kappa shape index (κ2) is 9.15. The average Bonchev–Trinajstić information content (AvgIpc) is 2.60. The van der Waals surface area contributed by atoms with E-state index in [0.717, 1.165) is 11.1 Å². The Balaban J connectivity index is 2.00. The van der Waals surface area contributed by atoms with Gasteiger partial charge in [-0.15, -0.1) is 0 Å². The number of aliphatic hydroxyl groups excluding tert-OH is 1. The summed E-state index contributed by atoms with van der Waals surface area (Å²) in [6.45, 7) is 0.921. The fourth-order valence-electron chi connectivity index (χ4n) is 2.32. The zero-order chi connectivity index (χ0) is 17.4. The zero-order valence-corrected chi connectivity index (χ0v) is 14.3. The first-order chi connectivity index (χ1) is 11.6. The molecule has 0 bridgehead atoms. The summed E-state index contributed by atoms with van der Waals surface area (Å²) in [4.78, 5) is 14.0. The Morgan fingerprint density at radius 1 is 1.25 bits per heavy atom. The topological polar surface area (TPSA) is 61.8 Å². The molecule has 0 heterocycles. The van der Waals surface area contributed by atoms with Gasteiger partial charge < -0.3 is 20.1 Å². The van der Waals surface area contributed by atoms with Crippen LogP contribution < -0.4 is 10.1 Å². The molecule has 0 atom stereocenters. The van der Waals surface area contributed by atoms with Crippen LogP contribution in [0.1, 0.15) is 11.1 Å². The van der Waals surface area contributed by atoms with E-state index in [1.807, 2.05) is 36.4 Å². The van der Waals surface area contributed by atoms with Crippen LogP contribution in [-0.2, 0) is 13.1 Å². The maximum Gasteiger partial charge on any atom is 0.318 e. The Morgan fingerprint density at radius 2 is 2.00 bits per heavy atom. The molecule has 128 valence electrons. The van der Waals surface area contributed by atoms with Gasteiger partial charge in [-0.05, 0) is 17.7 Å². The molecule has 0 unspecified atom stereocenters. The van der Waals surface area contributed by atoms with Crippen molar-refractivity contribution in [3.05, 3.63) is 64.7 Å². The van der Waals surface area contributed by atoms with Crippen molar-refractivity contribution in [2.45, 2.75) is 13.1 Å². The number of nitrogens with one attached hydrogen (secondary N) is 1. The predicted molar refractivity (Wildman–Crippen MR) is 94.2 cm³/mol. The van der Waals surface area contributed by atoms with Crippen molar-refractivity contribution < 1.29 is 14.6 Å². The van der Waals surface area contributed by atoms with Crippen LogP contribution in [0, 0.1) is 0 Å². The number of ether oxygens (including phenoxy) is 1. The zero-order valence-electron chi connectivity index (χ0n) is 13.5. The first-order valence-corrected chi connectivity index (χ1v) is 8.02. The molecule has 5 nitrogen and oxygen atoms in total. The highest BCUT2D eigenvalue weighted by atomic mass is 35.5. The second-order valence-electron chi connectivity index (χ2n) is 5.25. The molecule has 0 spiro atoms. The van der Waals surface area contributed by atoms with E-state index in [-0.39, 0.29) is 19.2 Å². The monoisotopic (exact) mass is 348 g/mol. The second-order valence-corrected chi connectivity index (χ2v) is 5.68. The summed E-state index contributed by atoms with van der Waals surface area (Å²) in [6.07, 6.45) is 0. The first-order valence-electron chi connectivity index (χ1n) is 7.64. The van der Waals surface area contributed by atoms with Gasteiger partial charge in [0.2, 0.25) is 0 Å². The molecule has 2 aromatic carbocycles. The van der Waals surface area contributed by atoms with Crippen molar-refractivity contribution in [3.63, 3.8) is 0 Å². The van der Waals surface area contributed by atoms with E-state index < -0.39 is 0 Å². The fraction of sp³-hybridized carbons (Fsp3) is 0.278. The largest absolute Gasteiger partial charge is 0.496 e. The van der Waals surface area contributed by atoms with Gasteiger partial charge in [0.05, 0.1) is 13.7 Å². The maximum atomic E-state index is 12.4. The van der Waals surface area contributed by atoms with Crippen LogP contribution in [0.3, 0.4) is 0 Å². The molecule has 2 aromatic rings. The SMILES string of the molecule is COc1cc(Cl)ccc1CNC(=O)N(CCO)Cc1ccccc1. The number of urea groups is 1. The first kappa shape index (κ1) is 18.1. The third kappa shape index (κ3) is 5.15. The standard InChI is InChI=1S/C18H21ClN2O3/c1-24-17-11-16(19)8-7-15(17)12-20-18(23)21(9-10-22)13-14-5-3-2-4-6-14/h2-8,11,22H,9-10,12-13H2,1H3,(H,20,23). The molecule has 2 rings (SSSR count). The van der Waals surface area contributed by atoms with Gasteiger partial charge in [0.15, 0.2) is 0 Å². The number of nitrogens with zero attached hydrogens (tertiary/aromatic N) is 1. The smallest absolute Gasteiger partial charge is 0.318 e. The maximum absolute atomic E-state index is 12.4. The van der Waals surface area contributed by atoms with Gasteiger partial charge in [-0.25, -0.2) is 4.79 Å². The van der Waals surface area contributed by atoms with Gasteiger partial charge in [-0.2, -0.15) is 0 Å². The number of aliphatic hydroxyl groups is 1. The number of carbonyl (C=O) groups is 1. The normalized spacial score (nSPS) is 10.3. The highest BCUT2D eigenvalue weighted by Crippen LogP contribution is 2.22. The Bertz CT molecular complexity index is 665. The molecule has 0 aliphatic carbocycles. The van der Waals surface area contributed by atoms with E-state index in [9.17, 15) is 9.90 Å². The van der Waals surface area contributed by atoms with Crippen LogP contribution in [0.15, 0.2) is 48.5 Å². The minimum absolute atomic E-state index is 0.0927. The lowest BCUT2D eigenvalue weighted by atomic mass is 10.2. The van der Waals surface area contributed by atoms with Crippen molar-refractivity contribution in [2.24, 2.45) is 0 Å². The van der Waals surface area contributed by atoms with Crippen LogP contribution in [-0.4, -0.2) is 36.3 Å². The Labute approximate surface area is 146 Å². The van der Waals surface area contributed by atoms with E-state index in [4.69, 9.17) is 16.3 Å². The predicted octanol–water partition coefficient (Wildman–Crippen LogP) is 3.05. The van der Waals surface area contributed by atoms with Crippen LogP contribution in [0.4, 0.5) is 4.79 Å². The summed E-state index contributed by atoms with van der Waals surface area (Å²) in [6, 6.07) is 14.7. The van der Waals surface area contributed by atoms with E-state index >= 15 is 0 Å². The third-order valence-electron chi connectivity index (χ3n) is 3.55. The summed E-state index contributed by atoms with van der Waals surface area (Å²) < 4.78 is 5.27. The quantitative estimate of drug-likeness (QED) is 0.808. The van der Waals surface area contributed by atoms with Crippen LogP contribution in [0.2, 0.25) is 5.02 Å². The highest BCUT2D eigenvalue weighted by Gasteiger charge is 2.14. The van der Waals surface area contributed by atoms with Gasteiger partial charge >= 0.3 is 6.03 Å². The highest BCUT2D eigenvalue weighted by molar-refractivity contribution is 6.30. The van der Waals surface area contributed by atoms with Gasteiger partial charge in [0.25, 0.3) is 0 Å². The lowest BCUT2D eigenvalue weighted by Crippen LogP contribution is -2.40. The molecular formula is C18H21ClN2O3. The van der Waals surface area contributed by atoms with Crippen molar-refractivity contribution >= 4 is 17.6 Å². The summed E-state index contributed by atoms with van der Waals surface area (Å²) in [5, 5.41) is 12.6. The number of carbonyl (C=O) groups excluding carboxylic acids is 1.